The third-order valence-corrected chi connectivity index (χ3v) is 5.06. The van der Waals surface area contributed by atoms with Crippen molar-refractivity contribution in [1.82, 2.24) is 10.3 Å². The van der Waals surface area contributed by atoms with Gasteiger partial charge in [0.25, 0.3) is 0 Å². The molecule has 2 heterocycles. The summed E-state index contributed by atoms with van der Waals surface area (Å²) in [6, 6.07) is 6.65. The lowest BCUT2D eigenvalue weighted by Gasteiger charge is -2.32. The summed E-state index contributed by atoms with van der Waals surface area (Å²) < 4.78 is 6.81. The summed E-state index contributed by atoms with van der Waals surface area (Å²) in [7, 11) is 0. The van der Waals surface area contributed by atoms with Crippen LogP contribution < -0.4 is 10.2 Å². The minimum Gasteiger partial charge on any atom is -0.490 e. The first-order valence-corrected chi connectivity index (χ1v) is 8.88. The van der Waals surface area contributed by atoms with Gasteiger partial charge < -0.3 is 15.1 Å². The van der Waals surface area contributed by atoms with Gasteiger partial charge in [0.1, 0.15) is 5.75 Å². The van der Waals surface area contributed by atoms with E-state index in [1.165, 1.54) is 11.3 Å². The smallest absolute Gasteiger partial charge is 0.133 e. The standard InChI is InChI=1S/C17H24BrN3O/c1-4-21-8-7-15-13(10-21)17(20-19-15)12-5-6-16(14(18)9-12)22-11(2)3/h5-6,9,11,13,17,20H,4,7-8,10H2,1-3H3. The van der Waals surface area contributed by atoms with Crippen molar-refractivity contribution in [2.75, 3.05) is 19.6 Å². The van der Waals surface area contributed by atoms with Gasteiger partial charge in [-0.15, -0.1) is 0 Å². The number of rotatable bonds is 4. The van der Waals surface area contributed by atoms with Gasteiger partial charge in [-0.3, -0.25) is 0 Å². The van der Waals surface area contributed by atoms with Crippen molar-refractivity contribution in [3.8, 4) is 5.75 Å². The van der Waals surface area contributed by atoms with Crippen molar-refractivity contribution in [1.29, 1.82) is 0 Å². The summed E-state index contributed by atoms with van der Waals surface area (Å²) >= 11 is 3.64. The molecule has 0 aromatic heterocycles. The van der Waals surface area contributed by atoms with E-state index in [-0.39, 0.29) is 12.1 Å². The maximum atomic E-state index is 5.80. The molecule has 22 heavy (non-hydrogen) atoms. The van der Waals surface area contributed by atoms with Crippen molar-refractivity contribution in [3.05, 3.63) is 28.2 Å². The fourth-order valence-electron chi connectivity index (χ4n) is 3.27. The van der Waals surface area contributed by atoms with Crippen LogP contribution in [0.5, 0.6) is 5.75 Å². The second kappa shape index (κ2) is 6.59. The highest BCUT2D eigenvalue weighted by Gasteiger charge is 2.36. The van der Waals surface area contributed by atoms with E-state index >= 15 is 0 Å². The summed E-state index contributed by atoms with van der Waals surface area (Å²) in [5, 5.41) is 4.58. The first kappa shape index (κ1) is 15.8. The van der Waals surface area contributed by atoms with Crippen molar-refractivity contribution in [3.63, 3.8) is 0 Å². The molecule has 5 heteroatoms. The van der Waals surface area contributed by atoms with Gasteiger partial charge in [0.05, 0.1) is 16.6 Å². The lowest BCUT2D eigenvalue weighted by molar-refractivity contribution is 0.237. The molecule has 3 rings (SSSR count). The average molecular weight is 366 g/mol. The molecule has 0 bridgehead atoms. The van der Waals surface area contributed by atoms with Gasteiger partial charge in [0.2, 0.25) is 0 Å². The van der Waals surface area contributed by atoms with Crippen LogP contribution >= 0.6 is 15.9 Å². The Labute approximate surface area is 141 Å². The van der Waals surface area contributed by atoms with Gasteiger partial charge in [-0.25, -0.2) is 0 Å². The largest absolute Gasteiger partial charge is 0.490 e. The zero-order valence-corrected chi connectivity index (χ0v) is 15.1. The van der Waals surface area contributed by atoms with Gasteiger partial charge in [0, 0.05) is 31.1 Å². The Balaban J connectivity index is 1.78. The Bertz CT molecular complexity index is 573. The number of ether oxygens (including phenoxy) is 1. The van der Waals surface area contributed by atoms with Gasteiger partial charge in [-0.05, 0) is 54.0 Å². The monoisotopic (exact) mass is 365 g/mol. The SMILES string of the molecule is CCN1CCC2=NNC(c3ccc(OC(C)C)c(Br)c3)C2C1. The fourth-order valence-corrected chi connectivity index (χ4v) is 3.76. The fraction of sp³-hybridized carbons (Fsp3) is 0.588. The summed E-state index contributed by atoms with van der Waals surface area (Å²) in [6.45, 7) is 9.65. The minimum absolute atomic E-state index is 0.179. The van der Waals surface area contributed by atoms with Crippen LogP contribution in [0.1, 0.15) is 38.8 Å². The predicted molar refractivity (Wildman–Crippen MR) is 93.4 cm³/mol. The van der Waals surface area contributed by atoms with Gasteiger partial charge in [0.15, 0.2) is 0 Å². The molecule has 2 aliphatic rings. The number of nitrogens with one attached hydrogen (secondary N) is 1. The first-order chi connectivity index (χ1) is 10.6. The molecule has 120 valence electrons. The molecule has 1 aromatic rings. The van der Waals surface area contributed by atoms with Crippen LogP contribution in [-0.4, -0.2) is 36.3 Å². The zero-order valence-electron chi connectivity index (χ0n) is 13.5. The van der Waals surface area contributed by atoms with E-state index in [0.29, 0.717) is 5.92 Å². The van der Waals surface area contributed by atoms with Crippen LogP contribution in [0, 0.1) is 5.92 Å². The first-order valence-electron chi connectivity index (χ1n) is 8.09. The van der Waals surface area contributed by atoms with Crippen molar-refractivity contribution >= 4 is 21.6 Å². The molecule has 2 aliphatic heterocycles. The van der Waals surface area contributed by atoms with Crippen molar-refractivity contribution < 1.29 is 4.74 Å². The number of piperidine rings is 1. The molecule has 1 N–H and O–H groups in total. The van der Waals surface area contributed by atoms with Crippen LogP contribution in [0.4, 0.5) is 0 Å². The molecule has 1 saturated heterocycles. The van der Waals surface area contributed by atoms with E-state index in [2.05, 4.69) is 56.5 Å². The lowest BCUT2D eigenvalue weighted by atomic mass is 9.86. The average Bonchev–Trinajstić information content (AvgIpc) is 2.91. The van der Waals surface area contributed by atoms with Crippen LogP contribution in [0.15, 0.2) is 27.8 Å². The van der Waals surface area contributed by atoms with Gasteiger partial charge >= 0.3 is 0 Å². The highest BCUT2D eigenvalue weighted by Crippen LogP contribution is 2.36. The number of likely N-dealkylation sites (tertiary alicyclic amines) is 1. The second-order valence-corrected chi connectivity index (χ2v) is 7.17. The zero-order chi connectivity index (χ0) is 15.7. The topological polar surface area (TPSA) is 36.9 Å². The number of hydrazone groups is 1. The molecule has 2 unspecified atom stereocenters. The quantitative estimate of drug-likeness (QED) is 0.885. The van der Waals surface area contributed by atoms with Crippen LogP contribution in [-0.2, 0) is 0 Å². The van der Waals surface area contributed by atoms with Crippen molar-refractivity contribution in [2.24, 2.45) is 11.0 Å². The predicted octanol–water partition coefficient (Wildman–Crippen LogP) is 3.58. The van der Waals surface area contributed by atoms with E-state index in [0.717, 1.165) is 36.3 Å². The number of halogens is 1. The van der Waals surface area contributed by atoms with Crippen LogP contribution in [0.25, 0.3) is 0 Å². The minimum atomic E-state index is 0.179. The Hall–Kier alpha value is -1.07. The van der Waals surface area contributed by atoms with E-state index in [9.17, 15) is 0 Å². The molecular weight excluding hydrogens is 342 g/mol. The molecule has 0 radical (unpaired) electrons. The molecule has 0 aliphatic carbocycles. The molecule has 4 nitrogen and oxygen atoms in total. The molecule has 2 atom stereocenters. The van der Waals surface area contributed by atoms with E-state index in [1.807, 2.05) is 13.8 Å². The molecule has 1 aromatic carbocycles. The summed E-state index contributed by atoms with van der Waals surface area (Å²) in [5.41, 5.74) is 5.94. The molecular formula is C17H24BrN3O. The van der Waals surface area contributed by atoms with E-state index < -0.39 is 0 Å². The Morgan fingerprint density at radius 2 is 2.27 bits per heavy atom. The molecule has 1 fully saturated rings. The summed E-state index contributed by atoms with van der Waals surface area (Å²) in [5.74, 6) is 1.38. The Morgan fingerprint density at radius 1 is 1.45 bits per heavy atom. The van der Waals surface area contributed by atoms with Crippen LogP contribution in [0.2, 0.25) is 0 Å². The highest BCUT2D eigenvalue weighted by molar-refractivity contribution is 9.10. The van der Waals surface area contributed by atoms with Gasteiger partial charge in [-0.2, -0.15) is 5.10 Å². The van der Waals surface area contributed by atoms with E-state index in [1.54, 1.807) is 0 Å². The maximum absolute atomic E-state index is 5.80. The number of fused-ring (bicyclic) bond motifs is 1. The molecule has 0 amide bonds. The molecule has 0 spiro atoms. The third kappa shape index (κ3) is 3.15. The molecule has 0 saturated carbocycles. The Kier molecular flexibility index (Phi) is 4.73. The highest BCUT2D eigenvalue weighted by atomic mass is 79.9. The van der Waals surface area contributed by atoms with Crippen LogP contribution in [0.3, 0.4) is 0 Å². The Morgan fingerprint density at radius 3 is 2.95 bits per heavy atom. The lowest BCUT2D eigenvalue weighted by Crippen LogP contribution is -2.41. The maximum Gasteiger partial charge on any atom is 0.133 e. The number of hydrogen-bond acceptors (Lipinski definition) is 4. The van der Waals surface area contributed by atoms with Crippen molar-refractivity contribution in [2.45, 2.75) is 39.3 Å². The number of hydrogen-bond donors (Lipinski definition) is 1. The summed E-state index contributed by atoms with van der Waals surface area (Å²) in [6.07, 6.45) is 1.26. The number of nitrogens with zero attached hydrogens (tertiary/aromatic N) is 2. The second-order valence-electron chi connectivity index (χ2n) is 6.32. The third-order valence-electron chi connectivity index (χ3n) is 4.44. The normalized spacial score (nSPS) is 24.9. The van der Waals surface area contributed by atoms with E-state index in [4.69, 9.17) is 4.74 Å². The van der Waals surface area contributed by atoms with Gasteiger partial charge in [-0.1, -0.05) is 13.0 Å². The number of benzene rings is 1. The summed E-state index contributed by atoms with van der Waals surface area (Å²) in [4.78, 5) is 2.51.